The fourth-order valence-electron chi connectivity index (χ4n) is 4.84. The molecule has 2 saturated carbocycles. The van der Waals surface area contributed by atoms with E-state index in [-0.39, 0.29) is 5.54 Å². The van der Waals surface area contributed by atoms with E-state index in [1.54, 1.807) is 0 Å². The molecule has 0 bridgehead atoms. The van der Waals surface area contributed by atoms with Gasteiger partial charge >= 0.3 is 0 Å². The van der Waals surface area contributed by atoms with Gasteiger partial charge in [0.25, 0.3) is 0 Å². The minimum Gasteiger partial charge on any atom is -0.325 e. The summed E-state index contributed by atoms with van der Waals surface area (Å²) < 4.78 is 0. The van der Waals surface area contributed by atoms with Crippen LogP contribution >= 0.6 is 0 Å². The summed E-state index contributed by atoms with van der Waals surface area (Å²) in [5.74, 6) is 1.94. The molecule has 0 radical (unpaired) electrons. The Balaban J connectivity index is 1.72. The molecule has 1 N–H and O–H groups in total. The molecule has 1 heterocycles. The number of nitrogens with zero attached hydrogens (tertiary/aromatic N) is 1. The van der Waals surface area contributed by atoms with E-state index in [0.717, 1.165) is 44.1 Å². The van der Waals surface area contributed by atoms with Crippen molar-refractivity contribution >= 4 is 5.91 Å². The van der Waals surface area contributed by atoms with E-state index in [1.807, 2.05) is 0 Å². The Morgan fingerprint density at radius 2 is 1.90 bits per heavy atom. The van der Waals surface area contributed by atoms with Crippen LogP contribution in [0.5, 0.6) is 0 Å². The Morgan fingerprint density at radius 1 is 1.19 bits per heavy atom. The Kier molecular flexibility index (Phi) is 4.58. The highest BCUT2D eigenvalue weighted by atomic mass is 16.2. The van der Waals surface area contributed by atoms with Gasteiger partial charge < -0.3 is 4.90 Å². The lowest BCUT2D eigenvalue weighted by atomic mass is 9.80. The maximum absolute atomic E-state index is 13.1. The first-order valence-electron chi connectivity index (χ1n) is 9.25. The zero-order valence-electron chi connectivity index (χ0n) is 13.9. The van der Waals surface area contributed by atoms with E-state index in [1.165, 1.54) is 38.5 Å². The summed E-state index contributed by atoms with van der Waals surface area (Å²) in [5, 5.41) is 3.75. The first-order valence-corrected chi connectivity index (χ1v) is 9.25. The van der Waals surface area contributed by atoms with Crippen molar-refractivity contribution in [1.29, 1.82) is 0 Å². The third kappa shape index (κ3) is 2.86. The summed E-state index contributed by atoms with van der Waals surface area (Å²) in [7, 11) is 0. The van der Waals surface area contributed by atoms with Crippen LogP contribution < -0.4 is 5.32 Å². The monoisotopic (exact) mass is 292 g/mol. The van der Waals surface area contributed by atoms with Gasteiger partial charge in [0.15, 0.2) is 0 Å². The van der Waals surface area contributed by atoms with Gasteiger partial charge in [0.2, 0.25) is 5.91 Å². The molecule has 21 heavy (non-hydrogen) atoms. The average Bonchev–Trinajstić information content (AvgIpc) is 3.03. The van der Waals surface area contributed by atoms with Crippen LogP contribution in [0.1, 0.15) is 78.1 Å². The Hall–Kier alpha value is -0.570. The molecule has 1 spiro atoms. The highest BCUT2D eigenvalue weighted by Crippen LogP contribution is 2.39. The van der Waals surface area contributed by atoms with Crippen molar-refractivity contribution in [2.45, 2.75) is 89.8 Å². The summed E-state index contributed by atoms with van der Waals surface area (Å²) in [6.45, 7) is 5.62. The lowest BCUT2D eigenvalue weighted by molar-refractivity contribution is -0.134. The van der Waals surface area contributed by atoms with Crippen molar-refractivity contribution in [3.8, 4) is 0 Å². The predicted octanol–water partition coefficient (Wildman–Crippen LogP) is 3.68. The topological polar surface area (TPSA) is 32.3 Å². The van der Waals surface area contributed by atoms with Gasteiger partial charge in [-0.05, 0) is 37.5 Å². The van der Waals surface area contributed by atoms with Crippen LogP contribution in [0.4, 0.5) is 0 Å². The summed E-state index contributed by atoms with van der Waals surface area (Å²) in [4.78, 5) is 15.3. The lowest BCUT2D eigenvalue weighted by Gasteiger charge is -2.34. The van der Waals surface area contributed by atoms with Crippen molar-refractivity contribution in [2.24, 2.45) is 11.8 Å². The second kappa shape index (κ2) is 6.28. The molecule has 120 valence electrons. The predicted molar refractivity (Wildman–Crippen MR) is 85.9 cm³/mol. The van der Waals surface area contributed by atoms with Crippen molar-refractivity contribution in [3.63, 3.8) is 0 Å². The van der Waals surface area contributed by atoms with Gasteiger partial charge in [-0.3, -0.25) is 10.1 Å². The molecule has 0 aromatic carbocycles. The molecular formula is C18H32N2O. The molecule has 3 rings (SSSR count). The molecule has 1 aliphatic heterocycles. The molecule has 3 aliphatic rings. The maximum Gasteiger partial charge on any atom is 0.244 e. The third-order valence-corrected chi connectivity index (χ3v) is 6.23. The molecular weight excluding hydrogens is 260 g/mol. The van der Waals surface area contributed by atoms with Crippen molar-refractivity contribution < 1.29 is 4.79 Å². The van der Waals surface area contributed by atoms with Gasteiger partial charge in [-0.1, -0.05) is 52.4 Å². The third-order valence-electron chi connectivity index (χ3n) is 6.23. The lowest BCUT2D eigenvalue weighted by Crippen LogP contribution is -2.44. The minimum absolute atomic E-state index is 0.183. The number of hydrogen-bond donors (Lipinski definition) is 1. The Labute approximate surface area is 129 Å². The molecule has 3 atom stereocenters. The standard InChI is InChI=1S/C18H32N2O/c1-3-8-16-19-18(11-6-7-12-18)17(21)20(16)13-15-10-5-4-9-14(15)2/h14-16,19H,3-13H2,1-2H3. The molecule has 0 aromatic heterocycles. The smallest absolute Gasteiger partial charge is 0.244 e. The van der Waals surface area contributed by atoms with Gasteiger partial charge in [-0.2, -0.15) is 0 Å². The molecule has 3 nitrogen and oxygen atoms in total. The number of nitrogens with one attached hydrogen (secondary N) is 1. The SMILES string of the molecule is CCCC1NC2(CCCC2)C(=O)N1CC1CCCCC1C. The summed E-state index contributed by atoms with van der Waals surface area (Å²) in [6, 6.07) is 0. The molecule has 1 saturated heterocycles. The average molecular weight is 292 g/mol. The second-order valence-electron chi connectivity index (χ2n) is 7.72. The molecule has 1 amide bonds. The molecule has 3 fully saturated rings. The van der Waals surface area contributed by atoms with Crippen LogP contribution in [-0.2, 0) is 4.79 Å². The minimum atomic E-state index is -0.183. The first-order chi connectivity index (χ1) is 10.2. The van der Waals surface area contributed by atoms with Gasteiger partial charge in [-0.25, -0.2) is 0 Å². The molecule has 3 unspecified atom stereocenters. The number of rotatable bonds is 4. The van der Waals surface area contributed by atoms with E-state index >= 15 is 0 Å². The van der Waals surface area contributed by atoms with Crippen LogP contribution in [-0.4, -0.2) is 29.1 Å². The zero-order valence-corrected chi connectivity index (χ0v) is 13.9. The van der Waals surface area contributed by atoms with Crippen molar-refractivity contribution in [2.75, 3.05) is 6.54 Å². The second-order valence-corrected chi connectivity index (χ2v) is 7.72. The highest BCUT2D eigenvalue weighted by molar-refractivity contribution is 5.89. The number of amides is 1. The summed E-state index contributed by atoms with van der Waals surface area (Å²) in [5.41, 5.74) is -0.183. The number of carbonyl (C=O) groups is 1. The van der Waals surface area contributed by atoms with E-state index in [4.69, 9.17) is 0 Å². The van der Waals surface area contributed by atoms with Gasteiger partial charge in [0, 0.05) is 6.54 Å². The van der Waals surface area contributed by atoms with Crippen molar-refractivity contribution in [1.82, 2.24) is 10.2 Å². The normalized spacial score (nSPS) is 35.8. The van der Waals surface area contributed by atoms with Gasteiger partial charge in [-0.15, -0.1) is 0 Å². The fourth-order valence-corrected chi connectivity index (χ4v) is 4.84. The Morgan fingerprint density at radius 3 is 2.57 bits per heavy atom. The Bertz CT molecular complexity index is 375. The largest absolute Gasteiger partial charge is 0.325 e. The first kappa shape index (κ1) is 15.3. The highest BCUT2D eigenvalue weighted by Gasteiger charge is 2.52. The van der Waals surface area contributed by atoms with Crippen LogP contribution in [0.25, 0.3) is 0 Å². The van der Waals surface area contributed by atoms with E-state index in [0.29, 0.717) is 12.1 Å². The van der Waals surface area contributed by atoms with Crippen LogP contribution in [0, 0.1) is 11.8 Å². The van der Waals surface area contributed by atoms with Crippen LogP contribution in [0.3, 0.4) is 0 Å². The quantitative estimate of drug-likeness (QED) is 0.857. The molecule has 2 aliphatic carbocycles. The number of hydrogen-bond acceptors (Lipinski definition) is 2. The van der Waals surface area contributed by atoms with Crippen LogP contribution in [0.15, 0.2) is 0 Å². The molecule has 3 heteroatoms. The maximum atomic E-state index is 13.1. The number of carbonyl (C=O) groups excluding carboxylic acids is 1. The van der Waals surface area contributed by atoms with Crippen LogP contribution in [0.2, 0.25) is 0 Å². The zero-order chi connectivity index (χ0) is 14.9. The fraction of sp³-hybridized carbons (Fsp3) is 0.944. The van der Waals surface area contributed by atoms with E-state index in [9.17, 15) is 4.79 Å². The molecule has 0 aromatic rings. The summed E-state index contributed by atoms with van der Waals surface area (Å²) >= 11 is 0. The van der Waals surface area contributed by atoms with Gasteiger partial charge in [0.1, 0.15) is 0 Å². The van der Waals surface area contributed by atoms with Crippen molar-refractivity contribution in [3.05, 3.63) is 0 Å². The summed E-state index contributed by atoms with van der Waals surface area (Å²) in [6.07, 6.45) is 12.5. The van der Waals surface area contributed by atoms with Gasteiger partial charge in [0.05, 0.1) is 11.7 Å². The van der Waals surface area contributed by atoms with E-state index < -0.39 is 0 Å². The van der Waals surface area contributed by atoms with E-state index in [2.05, 4.69) is 24.1 Å².